The number of carbonyl (C=O) groups is 2. The molecule has 2 aliphatic heterocycles. The number of benzene rings is 4. The van der Waals surface area contributed by atoms with Gasteiger partial charge in [-0.1, -0.05) is 29.6 Å². The van der Waals surface area contributed by atoms with Gasteiger partial charge in [0.1, 0.15) is 17.4 Å². The number of halogens is 4. The molecule has 0 aromatic heterocycles. The summed E-state index contributed by atoms with van der Waals surface area (Å²) in [5, 5.41) is 6.64. The molecule has 3 N–H and O–H groups in total. The molecule has 0 spiro atoms. The van der Waals surface area contributed by atoms with E-state index in [0.29, 0.717) is 92.9 Å². The van der Waals surface area contributed by atoms with Gasteiger partial charge in [0.25, 0.3) is 0 Å². The molecule has 4 aromatic rings. The number of likely N-dealkylation sites (N-methyl/N-ethyl adjacent to an activating group) is 2. The Morgan fingerprint density at radius 2 is 1.07 bits per heavy atom. The molecule has 21 heteroatoms. The van der Waals surface area contributed by atoms with Crippen molar-refractivity contribution in [1.29, 1.82) is 0 Å². The molecule has 2 heterocycles. The van der Waals surface area contributed by atoms with E-state index in [1.54, 1.807) is 0 Å². The van der Waals surface area contributed by atoms with Crippen LogP contribution in [-0.2, 0) is 56.7 Å². The van der Waals surface area contributed by atoms with Gasteiger partial charge in [0, 0.05) is 93.7 Å². The molecule has 6 rings (SSSR count). The van der Waals surface area contributed by atoms with Gasteiger partial charge in [0.15, 0.2) is 9.84 Å². The van der Waals surface area contributed by atoms with Gasteiger partial charge in [-0.15, -0.1) is 0 Å². The van der Waals surface area contributed by atoms with Crippen LogP contribution in [0.15, 0.2) is 70.5 Å². The van der Waals surface area contributed by atoms with Crippen LogP contribution in [0.4, 0.5) is 13.6 Å². The number of sulfonamides is 1. The van der Waals surface area contributed by atoms with Gasteiger partial charge in [-0.3, -0.25) is 4.79 Å². The van der Waals surface area contributed by atoms with E-state index in [1.807, 2.05) is 52.2 Å². The van der Waals surface area contributed by atoms with Crippen molar-refractivity contribution in [2.45, 2.75) is 93.5 Å². The molecule has 4 aromatic carbocycles. The van der Waals surface area contributed by atoms with Crippen LogP contribution >= 0.6 is 23.2 Å². The summed E-state index contributed by atoms with van der Waals surface area (Å²) in [5.74, 6) is -1.69. The molecule has 0 aliphatic carbocycles. The minimum atomic E-state index is -3.94. The minimum Gasteiger partial charge on any atom is -0.379 e. The van der Waals surface area contributed by atoms with Gasteiger partial charge in [-0.25, -0.2) is 35.1 Å². The highest BCUT2D eigenvalue weighted by atomic mass is 35.5. The van der Waals surface area contributed by atoms with Crippen LogP contribution in [0.3, 0.4) is 0 Å². The van der Waals surface area contributed by atoms with E-state index >= 15 is 8.78 Å². The molecule has 0 saturated carbocycles. The topological polar surface area (TPSA) is 182 Å². The van der Waals surface area contributed by atoms with Crippen LogP contribution in [0.2, 0.25) is 10.0 Å². The number of amides is 2. The molecular formula is C55H73Cl2F2N5O10S2. The van der Waals surface area contributed by atoms with Crippen LogP contribution in [0.25, 0.3) is 0 Å². The average molecular weight is 1140 g/mol. The predicted octanol–water partition coefficient (Wildman–Crippen LogP) is 8.46. The van der Waals surface area contributed by atoms with Crippen molar-refractivity contribution in [3.05, 3.63) is 127 Å². The second-order valence-corrected chi connectivity index (χ2v) is 24.4. The molecule has 418 valence electrons. The maximum absolute atomic E-state index is 15.2. The van der Waals surface area contributed by atoms with Crippen LogP contribution in [-0.4, -0.2) is 144 Å². The summed E-state index contributed by atoms with van der Waals surface area (Å²) in [4.78, 5) is 28.7. The number of aryl methyl sites for hydroxylation is 2. The Morgan fingerprint density at radius 3 is 1.64 bits per heavy atom. The zero-order chi connectivity index (χ0) is 54.8. The maximum Gasteiger partial charge on any atom is 0.314 e. The first-order valence-corrected chi connectivity index (χ1v) is 29.8. The van der Waals surface area contributed by atoms with E-state index in [1.165, 1.54) is 36.4 Å². The second-order valence-electron chi connectivity index (χ2n) is 19.6. The van der Waals surface area contributed by atoms with E-state index < -0.39 is 31.5 Å². The average Bonchev–Trinajstić information content (AvgIpc) is 3.38. The lowest BCUT2D eigenvalue weighted by molar-refractivity contribution is -0.119. The SMILES string of the molecule is Cc1cc(Cl)cc2c1CN(C)CC2c1cc(S(=O)(=O)CCCOCCOCCNC(=O)NCCCCCC(=O)CCCOCCOCCNS(=O)(=O)c2ccc(F)c(C3CN(C)Cc4c(C)cc(Cl)cc43)c2)ccc1F. The number of hydrogen-bond donors (Lipinski definition) is 3. The van der Waals surface area contributed by atoms with Gasteiger partial charge < -0.3 is 39.4 Å². The molecule has 2 atom stereocenters. The van der Waals surface area contributed by atoms with Crippen molar-refractivity contribution in [3.8, 4) is 0 Å². The molecule has 2 aliphatic rings. The van der Waals surface area contributed by atoms with Gasteiger partial charge in [-0.2, -0.15) is 0 Å². The standard InChI is InChI=1S/C55H73Cl2F2N5O10S2/c1-38-28-40(56)30-45-49(38)34-63(3)36-51(45)47-32-43(12-14-53(47)58)75(67,68)27-9-20-72-24-25-73-21-17-61-55(66)60-16-7-5-6-10-42(65)11-8-19-71-23-26-74-22-18-62-76(69,70)44-13-15-54(59)48(33-44)52-37-64(4)35-50-39(2)29-41(57)31-46(50)52/h12-15,28-33,51-52,62H,5-11,16-27,34-37H2,1-4H3,(H2,60,61,66). The van der Waals surface area contributed by atoms with Gasteiger partial charge >= 0.3 is 6.03 Å². The fraction of sp³-hybridized carbons (Fsp3) is 0.527. The molecule has 76 heavy (non-hydrogen) atoms. The lowest BCUT2D eigenvalue weighted by atomic mass is 9.83. The minimum absolute atomic E-state index is 0.0192. The Morgan fingerprint density at radius 1 is 0.579 bits per heavy atom. The van der Waals surface area contributed by atoms with E-state index in [0.717, 1.165) is 52.6 Å². The van der Waals surface area contributed by atoms with Crippen molar-refractivity contribution in [3.63, 3.8) is 0 Å². The van der Waals surface area contributed by atoms with Crippen LogP contribution in [0.5, 0.6) is 0 Å². The normalized spacial score (nSPS) is 16.1. The largest absolute Gasteiger partial charge is 0.379 e. The fourth-order valence-corrected chi connectivity index (χ4v) is 12.6. The molecule has 0 saturated heterocycles. The van der Waals surface area contributed by atoms with Gasteiger partial charge in [-0.05, 0) is 159 Å². The highest BCUT2D eigenvalue weighted by Crippen LogP contribution is 2.40. The first-order chi connectivity index (χ1) is 36.3. The number of fused-ring (bicyclic) bond motifs is 2. The van der Waals surface area contributed by atoms with Crippen molar-refractivity contribution >= 4 is 54.9 Å². The Bertz CT molecular complexity index is 2640. The number of nitrogens with one attached hydrogen (secondary N) is 3. The molecule has 0 radical (unpaired) electrons. The summed E-state index contributed by atoms with van der Waals surface area (Å²) in [6.07, 6.45) is 3.91. The zero-order valence-electron chi connectivity index (χ0n) is 44.0. The number of nitrogens with zero attached hydrogens (tertiary/aromatic N) is 2. The van der Waals surface area contributed by atoms with Crippen LogP contribution in [0, 0.1) is 25.5 Å². The first kappa shape index (κ1) is 61.1. The number of sulfone groups is 1. The van der Waals surface area contributed by atoms with Crippen LogP contribution < -0.4 is 15.4 Å². The number of urea groups is 1. The molecule has 2 amide bonds. The third-order valence-electron chi connectivity index (χ3n) is 13.6. The Labute approximate surface area is 457 Å². The fourth-order valence-electron chi connectivity index (χ4n) is 9.68. The maximum atomic E-state index is 15.2. The van der Waals surface area contributed by atoms with Gasteiger partial charge in [0.05, 0.1) is 55.2 Å². The van der Waals surface area contributed by atoms with E-state index in [4.69, 9.17) is 42.1 Å². The number of ketones is 1. The number of unbranched alkanes of at least 4 members (excludes halogenated alkanes) is 2. The molecule has 0 bridgehead atoms. The summed E-state index contributed by atoms with van der Waals surface area (Å²) in [7, 11) is -3.73. The van der Waals surface area contributed by atoms with Crippen molar-refractivity contribution in [2.75, 3.05) is 105 Å². The molecule has 2 unspecified atom stereocenters. The summed E-state index contributed by atoms with van der Waals surface area (Å²) in [6, 6.07) is 15.0. The van der Waals surface area contributed by atoms with E-state index in [9.17, 15) is 26.4 Å². The van der Waals surface area contributed by atoms with E-state index in [2.05, 4.69) is 25.2 Å². The second kappa shape index (κ2) is 29.7. The Kier molecular flexibility index (Phi) is 23.9. The third kappa shape index (κ3) is 18.2. The number of hydrogen-bond acceptors (Lipinski definition) is 12. The highest BCUT2D eigenvalue weighted by Gasteiger charge is 2.31. The molecule has 15 nitrogen and oxygen atoms in total. The summed E-state index contributed by atoms with van der Waals surface area (Å²) in [5.41, 5.74) is 6.61. The van der Waals surface area contributed by atoms with Crippen molar-refractivity contribution in [2.24, 2.45) is 0 Å². The third-order valence-corrected chi connectivity index (χ3v) is 17.3. The number of Topliss-reactive ketones (excluding diaryl/α,β-unsaturated/α-hetero) is 1. The number of ether oxygens (including phenoxy) is 4. The monoisotopic (exact) mass is 1140 g/mol. The quantitative estimate of drug-likeness (QED) is 0.0324. The Balaban J connectivity index is 0.719. The molecular weight excluding hydrogens is 1060 g/mol. The first-order valence-electron chi connectivity index (χ1n) is 25.9. The number of rotatable bonds is 31. The summed E-state index contributed by atoms with van der Waals surface area (Å²) in [6.45, 7) is 9.21. The lowest BCUT2D eigenvalue weighted by Gasteiger charge is -2.34. The predicted molar refractivity (Wildman–Crippen MR) is 291 cm³/mol. The smallest absolute Gasteiger partial charge is 0.314 e. The number of carbonyl (C=O) groups excluding carboxylic acids is 2. The lowest BCUT2D eigenvalue weighted by Crippen LogP contribution is -2.37. The van der Waals surface area contributed by atoms with Gasteiger partial charge in [0.2, 0.25) is 10.0 Å². The Hall–Kier alpha value is -4.12. The van der Waals surface area contributed by atoms with Crippen LogP contribution in [0.1, 0.15) is 101 Å². The van der Waals surface area contributed by atoms with Crippen molar-refractivity contribution < 1.29 is 54.2 Å². The van der Waals surface area contributed by atoms with E-state index in [-0.39, 0.29) is 91.8 Å². The summed E-state index contributed by atoms with van der Waals surface area (Å²) < 4.78 is 108. The zero-order valence-corrected chi connectivity index (χ0v) is 47.1. The summed E-state index contributed by atoms with van der Waals surface area (Å²) >= 11 is 12.7. The highest BCUT2D eigenvalue weighted by molar-refractivity contribution is 7.91. The van der Waals surface area contributed by atoms with Crippen molar-refractivity contribution in [1.82, 2.24) is 25.2 Å². The molecule has 0 fully saturated rings.